The van der Waals surface area contributed by atoms with Crippen molar-refractivity contribution in [3.8, 4) is 5.75 Å². The van der Waals surface area contributed by atoms with Crippen LogP contribution in [0.25, 0.3) is 0 Å². The second kappa shape index (κ2) is 8.26. The summed E-state index contributed by atoms with van der Waals surface area (Å²) in [7, 11) is -3.77. The Kier molecular flexibility index (Phi) is 6.55. The summed E-state index contributed by atoms with van der Waals surface area (Å²) in [6.07, 6.45) is 0. The van der Waals surface area contributed by atoms with E-state index in [2.05, 4.69) is 15.9 Å². The fourth-order valence-electron chi connectivity index (χ4n) is 2.21. The van der Waals surface area contributed by atoms with Crippen molar-refractivity contribution in [1.29, 1.82) is 0 Å². The summed E-state index contributed by atoms with van der Waals surface area (Å²) in [6.45, 7) is 4.17. The largest absolute Gasteiger partial charge is 0.481 e. The van der Waals surface area contributed by atoms with Gasteiger partial charge in [0.1, 0.15) is 6.61 Å². The molecule has 1 heterocycles. The van der Waals surface area contributed by atoms with Crippen molar-refractivity contribution >= 4 is 43.0 Å². The average molecular weight is 449 g/mol. The highest BCUT2D eigenvalue weighted by atomic mass is 79.9. The molecule has 0 N–H and O–H groups in total. The third kappa shape index (κ3) is 4.57. The van der Waals surface area contributed by atoms with Crippen molar-refractivity contribution in [3.05, 3.63) is 49.1 Å². The standard InChI is InChI=1S/C15H17BrN2O5S2/c1-3-17(4-2)25(21,22)12-6-7-14(13(9-12)18(19)20)23-10-11-5-8-15(16)24-11/h5-9H,3-4,10H2,1-2H3. The van der Waals surface area contributed by atoms with Crippen LogP contribution < -0.4 is 4.74 Å². The van der Waals surface area contributed by atoms with Gasteiger partial charge in [-0.15, -0.1) is 11.3 Å². The highest BCUT2D eigenvalue weighted by molar-refractivity contribution is 9.11. The molecule has 1 aromatic carbocycles. The van der Waals surface area contributed by atoms with Crippen molar-refractivity contribution in [1.82, 2.24) is 4.31 Å². The van der Waals surface area contributed by atoms with Gasteiger partial charge in [-0.05, 0) is 40.2 Å². The van der Waals surface area contributed by atoms with E-state index in [0.717, 1.165) is 14.7 Å². The second-order valence-electron chi connectivity index (χ2n) is 4.97. The van der Waals surface area contributed by atoms with Crippen LogP contribution in [0.4, 0.5) is 5.69 Å². The number of benzene rings is 1. The Morgan fingerprint density at radius 3 is 2.44 bits per heavy atom. The Hall–Kier alpha value is -1.49. The monoisotopic (exact) mass is 448 g/mol. The molecule has 0 amide bonds. The number of hydrogen-bond donors (Lipinski definition) is 0. The smallest absolute Gasteiger partial charge is 0.312 e. The Labute approximate surface area is 158 Å². The number of thiophene rings is 1. The number of nitrogens with zero attached hydrogens (tertiary/aromatic N) is 2. The first-order valence-corrected chi connectivity index (χ1v) is 10.5. The van der Waals surface area contributed by atoms with Crippen LogP contribution in [0, 0.1) is 10.1 Å². The second-order valence-corrected chi connectivity index (χ2v) is 9.46. The molecule has 7 nitrogen and oxygen atoms in total. The van der Waals surface area contributed by atoms with Crippen LogP contribution in [0.15, 0.2) is 39.0 Å². The minimum atomic E-state index is -3.77. The predicted molar refractivity (Wildman–Crippen MR) is 99.6 cm³/mol. The van der Waals surface area contributed by atoms with Crippen LogP contribution in [0.2, 0.25) is 0 Å². The van der Waals surface area contributed by atoms with E-state index in [-0.39, 0.29) is 36.0 Å². The summed E-state index contributed by atoms with van der Waals surface area (Å²) in [4.78, 5) is 11.5. The summed E-state index contributed by atoms with van der Waals surface area (Å²) in [5.41, 5.74) is -0.371. The van der Waals surface area contributed by atoms with E-state index in [1.165, 1.54) is 27.8 Å². The van der Waals surface area contributed by atoms with E-state index in [4.69, 9.17) is 4.74 Å². The summed E-state index contributed by atoms with van der Waals surface area (Å²) >= 11 is 4.80. The van der Waals surface area contributed by atoms with Gasteiger partial charge in [-0.3, -0.25) is 10.1 Å². The molecule has 0 aliphatic heterocycles. The number of hydrogen-bond acceptors (Lipinski definition) is 6. The Bertz CT molecular complexity index is 863. The van der Waals surface area contributed by atoms with Crippen molar-refractivity contribution in [3.63, 3.8) is 0 Å². The molecule has 0 saturated heterocycles. The Balaban J connectivity index is 2.32. The van der Waals surface area contributed by atoms with Crippen LogP contribution >= 0.6 is 27.3 Å². The number of sulfonamides is 1. The van der Waals surface area contributed by atoms with Crippen molar-refractivity contribution in [2.45, 2.75) is 25.3 Å². The van der Waals surface area contributed by atoms with E-state index in [0.29, 0.717) is 0 Å². The van der Waals surface area contributed by atoms with Gasteiger partial charge < -0.3 is 4.74 Å². The zero-order valence-corrected chi connectivity index (χ0v) is 16.9. The molecule has 0 unspecified atom stereocenters. The topological polar surface area (TPSA) is 89.8 Å². The number of nitro benzene ring substituents is 1. The molecule has 0 radical (unpaired) electrons. The molecule has 25 heavy (non-hydrogen) atoms. The lowest BCUT2D eigenvalue weighted by Crippen LogP contribution is -2.30. The number of ether oxygens (including phenoxy) is 1. The van der Waals surface area contributed by atoms with E-state index in [1.54, 1.807) is 13.8 Å². The SMILES string of the molecule is CCN(CC)S(=O)(=O)c1ccc(OCc2ccc(Br)s2)c([N+](=O)[O-])c1. The van der Waals surface area contributed by atoms with Gasteiger partial charge in [0, 0.05) is 24.0 Å². The Morgan fingerprint density at radius 1 is 1.24 bits per heavy atom. The van der Waals surface area contributed by atoms with Gasteiger partial charge in [-0.1, -0.05) is 13.8 Å². The van der Waals surface area contributed by atoms with E-state index in [1.807, 2.05) is 12.1 Å². The molecule has 0 atom stereocenters. The van der Waals surface area contributed by atoms with Gasteiger partial charge in [0.15, 0.2) is 5.75 Å². The van der Waals surface area contributed by atoms with Crippen LogP contribution in [0.1, 0.15) is 18.7 Å². The van der Waals surface area contributed by atoms with Crippen LogP contribution in [0.3, 0.4) is 0 Å². The molecule has 2 aromatic rings. The number of rotatable bonds is 8. The first-order chi connectivity index (χ1) is 11.8. The van der Waals surface area contributed by atoms with Crippen LogP contribution in [0.5, 0.6) is 5.75 Å². The van der Waals surface area contributed by atoms with Crippen molar-refractivity contribution in [2.75, 3.05) is 13.1 Å². The first kappa shape index (κ1) is 19.8. The third-order valence-corrected chi connectivity index (χ3v) is 7.11. The van der Waals surface area contributed by atoms with Crippen LogP contribution in [-0.4, -0.2) is 30.7 Å². The van der Waals surface area contributed by atoms with Gasteiger partial charge in [0.05, 0.1) is 13.6 Å². The maximum Gasteiger partial charge on any atom is 0.312 e. The molecule has 2 rings (SSSR count). The maximum atomic E-state index is 12.5. The quantitative estimate of drug-likeness (QED) is 0.449. The summed E-state index contributed by atoms with van der Waals surface area (Å²) < 4.78 is 32.7. The van der Waals surface area contributed by atoms with Gasteiger partial charge in [-0.25, -0.2) is 8.42 Å². The van der Waals surface area contributed by atoms with Gasteiger partial charge in [0.25, 0.3) is 0 Å². The van der Waals surface area contributed by atoms with Gasteiger partial charge in [0.2, 0.25) is 10.0 Å². The fraction of sp³-hybridized carbons (Fsp3) is 0.333. The lowest BCUT2D eigenvalue weighted by molar-refractivity contribution is -0.386. The molecule has 0 aliphatic rings. The minimum Gasteiger partial charge on any atom is -0.481 e. The summed E-state index contributed by atoms with van der Waals surface area (Å²) in [5.74, 6) is 0.0352. The lowest BCUT2D eigenvalue weighted by atomic mass is 10.3. The molecular formula is C15H17BrN2O5S2. The molecule has 10 heteroatoms. The van der Waals surface area contributed by atoms with Crippen molar-refractivity contribution in [2.24, 2.45) is 0 Å². The van der Waals surface area contributed by atoms with Crippen LogP contribution in [-0.2, 0) is 16.6 Å². The van der Waals surface area contributed by atoms with Crippen molar-refractivity contribution < 1.29 is 18.1 Å². The molecule has 1 aromatic heterocycles. The molecule has 0 saturated carbocycles. The zero-order chi connectivity index (χ0) is 18.6. The Morgan fingerprint density at radius 2 is 1.92 bits per heavy atom. The van der Waals surface area contributed by atoms with Gasteiger partial charge in [-0.2, -0.15) is 4.31 Å². The molecular weight excluding hydrogens is 432 g/mol. The van der Waals surface area contributed by atoms with Gasteiger partial charge >= 0.3 is 5.69 Å². The number of nitro groups is 1. The molecule has 0 aliphatic carbocycles. The fourth-order valence-corrected chi connectivity index (χ4v) is 5.09. The first-order valence-electron chi connectivity index (χ1n) is 7.45. The zero-order valence-electron chi connectivity index (χ0n) is 13.6. The summed E-state index contributed by atoms with van der Waals surface area (Å²) in [5, 5.41) is 11.3. The molecule has 0 fully saturated rings. The maximum absolute atomic E-state index is 12.5. The number of halogens is 1. The molecule has 0 bridgehead atoms. The predicted octanol–water partition coefficient (Wildman–Crippen LogP) is 4.03. The summed E-state index contributed by atoms with van der Waals surface area (Å²) in [6, 6.07) is 7.42. The van der Waals surface area contributed by atoms with E-state index in [9.17, 15) is 18.5 Å². The average Bonchev–Trinajstić information content (AvgIpc) is 2.99. The molecule has 136 valence electrons. The van der Waals surface area contributed by atoms with E-state index < -0.39 is 14.9 Å². The lowest BCUT2D eigenvalue weighted by Gasteiger charge is -2.18. The third-order valence-electron chi connectivity index (χ3n) is 3.47. The normalized spacial score (nSPS) is 11.7. The van der Waals surface area contributed by atoms with E-state index >= 15 is 0 Å². The minimum absolute atomic E-state index is 0.0352. The highest BCUT2D eigenvalue weighted by Crippen LogP contribution is 2.32. The highest BCUT2D eigenvalue weighted by Gasteiger charge is 2.26. The molecule has 0 spiro atoms.